The van der Waals surface area contributed by atoms with E-state index in [4.69, 9.17) is 16.4 Å². The first-order valence-electron chi connectivity index (χ1n) is 7.70. The fourth-order valence-electron chi connectivity index (χ4n) is 1.99. The molecule has 25 heavy (non-hydrogen) atoms. The molecule has 0 spiro atoms. The quantitative estimate of drug-likeness (QED) is 0.226. The van der Waals surface area contributed by atoms with Crippen LogP contribution in [0.25, 0.3) is 0 Å². The summed E-state index contributed by atoms with van der Waals surface area (Å²) in [5.74, 6) is -0.170. The highest BCUT2D eigenvalue weighted by molar-refractivity contribution is 7.99. The van der Waals surface area contributed by atoms with E-state index in [0.717, 1.165) is 10.5 Å². The SMILES string of the molecule is CC(=O)O/N=C(\CCSc1ccc(Cl)cc1)C(=O)c1ccc(C)cc1. The van der Waals surface area contributed by atoms with Crippen LogP contribution >= 0.6 is 23.4 Å². The van der Waals surface area contributed by atoms with Gasteiger partial charge in [-0.3, -0.25) is 4.79 Å². The number of rotatable bonds is 7. The fourth-order valence-corrected chi connectivity index (χ4v) is 2.97. The lowest BCUT2D eigenvalue weighted by atomic mass is 10.0. The standard InChI is InChI=1S/C19H18ClNO3S/c1-13-3-5-15(6-4-13)19(23)18(21-24-14(2)22)11-12-25-17-9-7-16(20)8-10-17/h3-10H,11-12H2,1-2H3/b21-18+. The van der Waals surface area contributed by atoms with Crippen molar-refractivity contribution in [2.24, 2.45) is 5.16 Å². The average Bonchev–Trinajstić information content (AvgIpc) is 2.59. The van der Waals surface area contributed by atoms with Crippen molar-refractivity contribution in [1.29, 1.82) is 0 Å². The van der Waals surface area contributed by atoms with Crippen LogP contribution in [0.2, 0.25) is 5.02 Å². The lowest BCUT2D eigenvalue weighted by Crippen LogP contribution is -2.16. The van der Waals surface area contributed by atoms with Crippen molar-refractivity contribution >= 4 is 40.8 Å². The Bertz CT molecular complexity index is 770. The summed E-state index contributed by atoms with van der Waals surface area (Å²) < 4.78 is 0. The number of carbonyl (C=O) groups excluding carboxylic acids is 2. The van der Waals surface area contributed by atoms with E-state index in [9.17, 15) is 9.59 Å². The summed E-state index contributed by atoms with van der Waals surface area (Å²) in [5, 5.41) is 4.43. The Balaban J connectivity index is 2.05. The molecule has 2 aromatic carbocycles. The van der Waals surface area contributed by atoms with Gasteiger partial charge in [-0.15, -0.1) is 11.8 Å². The summed E-state index contributed by atoms with van der Waals surface area (Å²) in [5.41, 5.74) is 1.81. The number of hydrogen-bond donors (Lipinski definition) is 0. The van der Waals surface area contributed by atoms with Crippen molar-refractivity contribution in [2.75, 3.05) is 5.75 Å². The lowest BCUT2D eigenvalue weighted by Gasteiger charge is -2.06. The maximum Gasteiger partial charge on any atom is 0.331 e. The molecule has 0 aliphatic heterocycles. The van der Waals surface area contributed by atoms with Crippen LogP contribution in [0.3, 0.4) is 0 Å². The topological polar surface area (TPSA) is 55.7 Å². The van der Waals surface area contributed by atoms with Crippen LogP contribution in [0.15, 0.2) is 58.6 Å². The molecule has 2 rings (SSSR count). The van der Waals surface area contributed by atoms with Gasteiger partial charge >= 0.3 is 5.97 Å². The zero-order valence-electron chi connectivity index (χ0n) is 14.0. The second-order valence-electron chi connectivity index (χ2n) is 5.37. The predicted molar refractivity (Wildman–Crippen MR) is 102 cm³/mol. The zero-order valence-corrected chi connectivity index (χ0v) is 15.6. The summed E-state index contributed by atoms with van der Waals surface area (Å²) in [4.78, 5) is 29.4. The van der Waals surface area contributed by atoms with Gasteiger partial charge in [-0.2, -0.15) is 0 Å². The second-order valence-corrected chi connectivity index (χ2v) is 6.97. The molecular formula is C19H18ClNO3S. The van der Waals surface area contributed by atoms with E-state index < -0.39 is 5.97 Å². The zero-order chi connectivity index (χ0) is 18.2. The number of halogens is 1. The molecule has 0 heterocycles. The number of hydrogen-bond acceptors (Lipinski definition) is 5. The van der Waals surface area contributed by atoms with Crippen molar-refractivity contribution in [3.63, 3.8) is 0 Å². The minimum absolute atomic E-state index is 0.223. The Morgan fingerprint density at radius 1 is 1.08 bits per heavy atom. The molecule has 0 aliphatic carbocycles. The highest BCUT2D eigenvalue weighted by Crippen LogP contribution is 2.21. The van der Waals surface area contributed by atoms with E-state index in [1.165, 1.54) is 6.92 Å². The summed E-state index contributed by atoms with van der Waals surface area (Å²) in [6, 6.07) is 14.7. The summed E-state index contributed by atoms with van der Waals surface area (Å²) in [6.07, 6.45) is 0.382. The van der Waals surface area contributed by atoms with Crippen LogP contribution in [0.5, 0.6) is 0 Å². The largest absolute Gasteiger partial charge is 0.331 e. The van der Waals surface area contributed by atoms with Crippen molar-refractivity contribution in [1.82, 2.24) is 0 Å². The summed E-state index contributed by atoms with van der Waals surface area (Å²) in [6.45, 7) is 3.20. The molecule has 0 atom stereocenters. The van der Waals surface area contributed by atoms with Crippen molar-refractivity contribution in [3.05, 3.63) is 64.7 Å². The molecule has 0 saturated carbocycles. The number of benzene rings is 2. The van der Waals surface area contributed by atoms with Gasteiger partial charge in [0.15, 0.2) is 0 Å². The third-order valence-electron chi connectivity index (χ3n) is 3.28. The molecule has 0 amide bonds. The number of nitrogens with zero attached hydrogens (tertiary/aromatic N) is 1. The van der Waals surface area contributed by atoms with Gasteiger partial charge in [0, 0.05) is 34.6 Å². The van der Waals surface area contributed by atoms with E-state index >= 15 is 0 Å². The number of oxime groups is 1. The lowest BCUT2D eigenvalue weighted by molar-refractivity contribution is -0.140. The Kier molecular flexibility index (Phi) is 7.22. The first-order chi connectivity index (χ1) is 12.0. The van der Waals surface area contributed by atoms with E-state index in [1.807, 2.05) is 43.3 Å². The highest BCUT2D eigenvalue weighted by Gasteiger charge is 2.15. The molecule has 6 heteroatoms. The Morgan fingerprint density at radius 2 is 1.72 bits per heavy atom. The molecule has 0 N–H and O–H groups in total. The van der Waals surface area contributed by atoms with Crippen molar-refractivity contribution < 1.29 is 14.4 Å². The average molecular weight is 376 g/mol. The molecule has 0 aromatic heterocycles. The third kappa shape index (κ3) is 6.36. The molecular weight excluding hydrogens is 358 g/mol. The number of Topliss-reactive ketones (excluding diaryl/α,β-unsaturated/α-hetero) is 1. The van der Waals surface area contributed by atoms with Crippen LogP contribution in [-0.4, -0.2) is 23.2 Å². The van der Waals surface area contributed by atoms with Gasteiger partial charge in [0.2, 0.25) is 5.78 Å². The smallest absolute Gasteiger partial charge is 0.318 e. The van der Waals surface area contributed by atoms with E-state index in [-0.39, 0.29) is 11.5 Å². The minimum Gasteiger partial charge on any atom is -0.318 e. The fraction of sp³-hybridized carbons (Fsp3) is 0.211. The molecule has 130 valence electrons. The Morgan fingerprint density at radius 3 is 2.32 bits per heavy atom. The maximum absolute atomic E-state index is 12.6. The highest BCUT2D eigenvalue weighted by atomic mass is 35.5. The predicted octanol–water partition coefficient (Wildman–Crippen LogP) is 4.93. The maximum atomic E-state index is 12.6. The molecule has 0 unspecified atom stereocenters. The van der Waals surface area contributed by atoms with Crippen LogP contribution in [0.4, 0.5) is 0 Å². The first kappa shape index (κ1) is 19.2. The number of ketones is 1. The van der Waals surface area contributed by atoms with Gasteiger partial charge in [0.25, 0.3) is 0 Å². The minimum atomic E-state index is -0.556. The molecule has 0 saturated heterocycles. The number of carbonyl (C=O) groups is 2. The van der Waals surface area contributed by atoms with Gasteiger partial charge < -0.3 is 4.84 Å². The van der Waals surface area contributed by atoms with Gasteiger partial charge in [-0.05, 0) is 31.2 Å². The van der Waals surface area contributed by atoms with E-state index in [0.29, 0.717) is 22.8 Å². The van der Waals surface area contributed by atoms with Gasteiger partial charge in [-0.25, -0.2) is 4.79 Å². The number of aryl methyl sites for hydroxylation is 1. The van der Waals surface area contributed by atoms with Crippen LogP contribution < -0.4 is 0 Å². The van der Waals surface area contributed by atoms with Crippen LogP contribution in [0, 0.1) is 6.92 Å². The Labute approximate surface area is 156 Å². The molecule has 2 aromatic rings. The monoisotopic (exact) mass is 375 g/mol. The van der Waals surface area contributed by atoms with Crippen molar-refractivity contribution in [3.8, 4) is 0 Å². The normalized spacial score (nSPS) is 11.2. The van der Waals surface area contributed by atoms with E-state index in [1.54, 1.807) is 23.9 Å². The van der Waals surface area contributed by atoms with Gasteiger partial charge in [0.05, 0.1) is 0 Å². The Hall–Kier alpha value is -2.11. The summed E-state index contributed by atoms with van der Waals surface area (Å²) >= 11 is 7.44. The molecule has 0 bridgehead atoms. The molecule has 0 radical (unpaired) electrons. The molecule has 0 fully saturated rings. The molecule has 0 aliphatic rings. The molecule has 4 nitrogen and oxygen atoms in total. The second kappa shape index (κ2) is 9.39. The van der Waals surface area contributed by atoms with E-state index in [2.05, 4.69) is 5.16 Å². The summed E-state index contributed by atoms with van der Waals surface area (Å²) in [7, 11) is 0. The van der Waals surface area contributed by atoms with Crippen molar-refractivity contribution in [2.45, 2.75) is 25.2 Å². The van der Waals surface area contributed by atoms with Gasteiger partial charge in [0.1, 0.15) is 5.71 Å². The third-order valence-corrected chi connectivity index (χ3v) is 4.55. The van der Waals surface area contributed by atoms with Gasteiger partial charge in [-0.1, -0.05) is 46.6 Å². The number of thioether (sulfide) groups is 1. The first-order valence-corrected chi connectivity index (χ1v) is 9.06. The van der Waals surface area contributed by atoms with Crippen LogP contribution in [0.1, 0.15) is 29.3 Å². The van der Waals surface area contributed by atoms with Crippen LogP contribution in [-0.2, 0) is 9.63 Å².